The monoisotopic (exact) mass is 135 g/mol. The van der Waals surface area contributed by atoms with Crippen molar-refractivity contribution < 1.29 is 0 Å². The molecule has 0 radical (unpaired) electrons. The van der Waals surface area contributed by atoms with Crippen LogP contribution in [0.1, 0.15) is 19.8 Å². The van der Waals surface area contributed by atoms with Gasteiger partial charge >= 0.3 is 0 Å². The van der Waals surface area contributed by atoms with Crippen LogP contribution in [0.4, 0.5) is 0 Å². The molecule has 0 aromatic carbocycles. The van der Waals surface area contributed by atoms with Crippen LogP contribution in [-0.2, 0) is 0 Å². The summed E-state index contributed by atoms with van der Waals surface area (Å²) in [5.41, 5.74) is 0. The molecule has 0 fully saturated rings. The van der Waals surface area contributed by atoms with Crippen LogP contribution in [0.3, 0.4) is 0 Å². The molecular weight excluding hydrogens is 122 g/mol. The van der Waals surface area contributed by atoms with Gasteiger partial charge in [0.05, 0.1) is 0 Å². The van der Waals surface area contributed by atoms with Crippen LogP contribution in [0.15, 0.2) is 0 Å². The summed E-state index contributed by atoms with van der Waals surface area (Å²) in [5.74, 6) is 0.763. The molecule has 0 aliphatic carbocycles. The number of hydrogen-bond donors (Lipinski definition) is 1. The van der Waals surface area contributed by atoms with Crippen LogP contribution in [0.25, 0.3) is 0 Å². The predicted molar refractivity (Wildman–Crippen MR) is 38.5 cm³/mol. The Bertz CT molecular complexity index is 43.8. The highest BCUT2D eigenvalue weighted by molar-refractivity contribution is 6.17. The Labute approximate surface area is 56.4 Å². The van der Waals surface area contributed by atoms with Gasteiger partial charge < -0.3 is 5.32 Å². The zero-order valence-corrected chi connectivity index (χ0v) is 6.33. The second kappa shape index (κ2) is 5.39. The highest BCUT2D eigenvalue weighted by Crippen LogP contribution is 1.96. The normalized spacial score (nSPS) is 13.9. The molecule has 0 aliphatic rings. The molecule has 1 nitrogen and oxygen atoms in total. The predicted octanol–water partition coefficient (Wildman–Crippen LogP) is 1.61. The molecule has 0 saturated heterocycles. The summed E-state index contributed by atoms with van der Waals surface area (Å²) in [6.07, 6.45) is 2.25. The average Bonchev–Trinajstić information content (AvgIpc) is 1.83. The Morgan fingerprint density at radius 3 is 2.38 bits per heavy atom. The van der Waals surface area contributed by atoms with Gasteiger partial charge in [-0.25, -0.2) is 0 Å². The lowest BCUT2D eigenvalue weighted by Gasteiger charge is -2.09. The van der Waals surface area contributed by atoms with Gasteiger partial charge in [-0.15, -0.1) is 11.6 Å². The zero-order chi connectivity index (χ0) is 6.41. The molecule has 0 heterocycles. The summed E-state index contributed by atoms with van der Waals surface area (Å²) in [4.78, 5) is 0. The first-order valence-electron chi connectivity index (χ1n) is 3.08. The Morgan fingerprint density at radius 2 is 2.25 bits per heavy atom. The third-order valence-electron chi connectivity index (χ3n) is 1.36. The molecule has 1 N–H and O–H groups in total. The summed E-state index contributed by atoms with van der Waals surface area (Å²) in [6.45, 7) is 2.16. The Morgan fingerprint density at radius 1 is 1.62 bits per heavy atom. The number of hydrogen-bond acceptors (Lipinski definition) is 1. The molecule has 8 heavy (non-hydrogen) atoms. The van der Waals surface area contributed by atoms with E-state index in [4.69, 9.17) is 11.6 Å². The maximum atomic E-state index is 5.51. The van der Waals surface area contributed by atoms with Crippen molar-refractivity contribution >= 4 is 11.6 Å². The molecule has 50 valence electrons. The van der Waals surface area contributed by atoms with Crippen molar-refractivity contribution in [2.75, 3.05) is 12.9 Å². The van der Waals surface area contributed by atoms with E-state index in [2.05, 4.69) is 12.2 Å². The maximum absolute atomic E-state index is 5.51. The van der Waals surface area contributed by atoms with Crippen molar-refractivity contribution in [3.8, 4) is 0 Å². The summed E-state index contributed by atoms with van der Waals surface area (Å²) in [7, 11) is 1.97. The van der Waals surface area contributed by atoms with Gasteiger partial charge in [-0.2, -0.15) is 0 Å². The zero-order valence-electron chi connectivity index (χ0n) is 5.58. The van der Waals surface area contributed by atoms with Crippen LogP contribution < -0.4 is 5.32 Å². The van der Waals surface area contributed by atoms with Gasteiger partial charge in [0.25, 0.3) is 0 Å². The van der Waals surface area contributed by atoms with Gasteiger partial charge in [0.15, 0.2) is 0 Å². The second-order valence-electron chi connectivity index (χ2n) is 1.87. The summed E-state index contributed by atoms with van der Waals surface area (Å²) in [5, 5.41) is 3.17. The van der Waals surface area contributed by atoms with Gasteiger partial charge in [-0.1, -0.05) is 6.92 Å². The Balaban J connectivity index is 3.07. The van der Waals surface area contributed by atoms with Crippen molar-refractivity contribution in [1.82, 2.24) is 5.32 Å². The van der Waals surface area contributed by atoms with E-state index in [0.717, 1.165) is 12.3 Å². The molecule has 0 aliphatic heterocycles. The van der Waals surface area contributed by atoms with Crippen molar-refractivity contribution in [3.05, 3.63) is 0 Å². The lowest BCUT2D eigenvalue weighted by atomic mass is 10.2. The lowest BCUT2D eigenvalue weighted by Crippen LogP contribution is -2.24. The van der Waals surface area contributed by atoms with Gasteiger partial charge in [-0.3, -0.25) is 0 Å². The first kappa shape index (κ1) is 8.25. The molecule has 0 saturated carbocycles. The minimum Gasteiger partial charge on any atom is -0.317 e. The second-order valence-corrected chi connectivity index (χ2v) is 2.25. The number of halogens is 1. The maximum Gasteiger partial charge on any atom is 0.0238 e. The molecular formula is C6H14ClN. The average molecular weight is 136 g/mol. The van der Waals surface area contributed by atoms with Gasteiger partial charge in [0.1, 0.15) is 0 Å². The standard InChI is InChI=1S/C6H14ClN/c1-3-6(8-2)4-5-7/h6,8H,3-5H2,1-2H3. The lowest BCUT2D eigenvalue weighted by molar-refractivity contribution is 0.533. The Kier molecular flexibility index (Phi) is 5.56. The van der Waals surface area contributed by atoms with E-state index in [-0.39, 0.29) is 0 Å². The SMILES string of the molecule is CCC(CCCl)NC. The van der Waals surface area contributed by atoms with Gasteiger partial charge in [-0.05, 0) is 19.9 Å². The van der Waals surface area contributed by atoms with Gasteiger partial charge in [0, 0.05) is 11.9 Å². The molecule has 0 aromatic rings. The van der Waals surface area contributed by atoms with Crippen LogP contribution in [0, 0.1) is 0 Å². The van der Waals surface area contributed by atoms with Crippen molar-refractivity contribution in [3.63, 3.8) is 0 Å². The molecule has 0 amide bonds. The fraction of sp³-hybridized carbons (Fsp3) is 1.00. The molecule has 0 bridgehead atoms. The number of nitrogens with one attached hydrogen (secondary N) is 1. The van der Waals surface area contributed by atoms with E-state index >= 15 is 0 Å². The molecule has 0 rings (SSSR count). The summed E-state index contributed by atoms with van der Waals surface area (Å²) < 4.78 is 0. The quantitative estimate of drug-likeness (QED) is 0.578. The van der Waals surface area contributed by atoms with E-state index in [9.17, 15) is 0 Å². The van der Waals surface area contributed by atoms with Gasteiger partial charge in [0.2, 0.25) is 0 Å². The molecule has 0 spiro atoms. The van der Waals surface area contributed by atoms with Crippen molar-refractivity contribution in [2.45, 2.75) is 25.8 Å². The van der Waals surface area contributed by atoms with Crippen molar-refractivity contribution in [1.29, 1.82) is 0 Å². The molecule has 0 aromatic heterocycles. The topological polar surface area (TPSA) is 12.0 Å². The molecule has 1 atom stereocenters. The van der Waals surface area contributed by atoms with Crippen LogP contribution in [-0.4, -0.2) is 19.0 Å². The third-order valence-corrected chi connectivity index (χ3v) is 1.58. The van der Waals surface area contributed by atoms with E-state index in [1.807, 2.05) is 7.05 Å². The minimum atomic E-state index is 0.618. The largest absolute Gasteiger partial charge is 0.317 e. The van der Waals surface area contributed by atoms with Crippen LogP contribution >= 0.6 is 11.6 Å². The summed E-state index contributed by atoms with van der Waals surface area (Å²) >= 11 is 5.51. The highest BCUT2D eigenvalue weighted by Gasteiger charge is 1.98. The smallest absolute Gasteiger partial charge is 0.0238 e. The fourth-order valence-electron chi connectivity index (χ4n) is 0.684. The third kappa shape index (κ3) is 3.28. The minimum absolute atomic E-state index is 0.618. The number of alkyl halides is 1. The van der Waals surface area contributed by atoms with E-state index in [0.29, 0.717) is 6.04 Å². The first-order chi connectivity index (χ1) is 3.85. The van der Waals surface area contributed by atoms with E-state index < -0.39 is 0 Å². The first-order valence-corrected chi connectivity index (χ1v) is 3.61. The molecule has 2 heteroatoms. The van der Waals surface area contributed by atoms with E-state index in [1.165, 1.54) is 6.42 Å². The van der Waals surface area contributed by atoms with Crippen molar-refractivity contribution in [2.24, 2.45) is 0 Å². The van der Waals surface area contributed by atoms with Crippen LogP contribution in [0.2, 0.25) is 0 Å². The highest BCUT2D eigenvalue weighted by atomic mass is 35.5. The number of rotatable bonds is 4. The summed E-state index contributed by atoms with van der Waals surface area (Å²) in [6, 6.07) is 0.618. The fourth-order valence-corrected chi connectivity index (χ4v) is 0.948. The molecule has 1 unspecified atom stereocenters. The Hall–Kier alpha value is 0.250. The van der Waals surface area contributed by atoms with E-state index in [1.54, 1.807) is 0 Å². The van der Waals surface area contributed by atoms with Crippen LogP contribution in [0.5, 0.6) is 0 Å².